The zero-order chi connectivity index (χ0) is 6.85. The van der Waals surface area contributed by atoms with E-state index in [9.17, 15) is 0 Å². The smallest absolute Gasteiger partial charge is 0.154 e. The first kappa shape index (κ1) is 6.79. The molecule has 52 valence electrons. The van der Waals surface area contributed by atoms with Crippen molar-refractivity contribution in [1.29, 1.82) is 0 Å². The first-order valence-electron chi connectivity index (χ1n) is 3.78. The number of hydrogen-bond acceptors (Lipinski definition) is 0. The minimum absolute atomic E-state index is 0.762. The maximum Gasteiger partial charge on any atom is 0.154 e. The van der Waals surface area contributed by atoms with Crippen LogP contribution in [-0.2, 0) is 0 Å². The highest BCUT2D eigenvalue weighted by atomic mass is 15.0. The first-order valence-corrected chi connectivity index (χ1v) is 3.78. The molecule has 0 saturated carbocycles. The van der Waals surface area contributed by atoms with Crippen LogP contribution in [0.2, 0.25) is 0 Å². The first-order chi connectivity index (χ1) is 4.22. The van der Waals surface area contributed by atoms with E-state index in [4.69, 9.17) is 0 Å². The van der Waals surface area contributed by atoms with Crippen molar-refractivity contribution >= 4 is 5.71 Å². The molecule has 0 bridgehead atoms. The van der Waals surface area contributed by atoms with E-state index in [0.717, 1.165) is 5.92 Å². The van der Waals surface area contributed by atoms with Crippen LogP contribution in [0.5, 0.6) is 0 Å². The second-order valence-electron chi connectivity index (χ2n) is 3.17. The standard InChI is InChI=1S/C8H16N/c1-7(2)8-5-4-6-9(8)3/h7H,4-6H2,1-3H3/q+1. The Morgan fingerprint density at radius 3 is 2.33 bits per heavy atom. The lowest BCUT2D eigenvalue weighted by molar-refractivity contribution is -0.490. The highest BCUT2D eigenvalue weighted by Crippen LogP contribution is 2.09. The van der Waals surface area contributed by atoms with Gasteiger partial charge in [0.15, 0.2) is 5.71 Å². The quantitative estimate of drug-likeness (QED) is 0.469. The summed E-state index contributed by atoms with van der Waals surface area (Å²) >= 11 is 0. The molecule has 1 aliphatic heterocycles. The van der Waals surface area contributed by atoms with E-state index in [0.29, 0.717) is 0 Å². The Bertz CT molecular complexity index is 134. The molecule has 1 nitrogen and oxygen atoms in total. The molecule has 9 heavy (non-hydrogen) atoms. The Morgan fingerprint density at radius 2 is 2.11 bits per heavy atom. The fourth-order valence-electron chi connectivity index (χ4n) is 1.56. The van der Waals surface area contributed by atoms with Crippen LogP contribution >= 0.6 is 0 Å². The second-order valence-corrected chi connectivity index (χ2v) is 3.17. The molecular formula is C8H16N+. The summed E-state index contributed by atoms with van der Waals surface area (Å²) in [6, 6.07) is 0. The summed E-state index contributed by atoms with van der Waals surface area (Å²) in [5.41, 5.74) is 1.63. The second kappa shape index (κ2) is 2.51. The van der Waals surface area contributed by atoms with Gasteiger partial charge >= 0.3 is 0 Å². The zero-order valence-electron chi connectivity index (χ0n) is 6.65. The summed E-state index contributed by atoms with van der Waals surface area (Å²) in [5.74, 6) is 0.762. The molecule has 0 aromatic rings. The van der Waals surface area contributed by atoms with Gasteiger partial charge in [0.25, 0.3) is 0 Å². The zero-order valence-corrected chi connectivity index (χ0v) is 6.65. The third kappa shape index (κ3) is 1.32. The Balaban J connectivity index is 2.66. The minimum atomic E-state index is 0.762. The van der Waals surface area contributed by atoms with E-state index in [1.807, 2.05) is 0 Å². The Kier molecular flexibility index (Phi) is 1.89. The maximum atomic E-state index is 2.39. The Hall–Kier alpha value is -0.330. The molecule has 0 N–H and O–H groups in total. The van der Waals surface area contributed by atoms with Gasteiger partial charge in [-0.05, 0) is 0 Å². The van der Waals surface area contributed by atoms with Crippen LogP contribution in [0.4, 0.5) is 0 Å². The summed E-state index contributed by atoms with van der Waals surface area (Å²) in [4.78, 5) is 0. The molecule has 1 rings (SSSR count). The third-order valence-electron chi connectivity index (χ3n) is 2.08. The fourth-order valence-corrected chi connectivity index (χ4v) is 1.56. The van der Waals surface area contributed by atoms with Crippen LogP contribution in [0.1, 0.15) is 26.7 Å². The number of nitrogens with zero attached hydrogens (tertiary/aromatic N) is 1. The van der Waals surface area contributed by atoms with Crippen LogP contribution < -0.4 is 0 Å². The summed E-state index contributed by atoms with van der Waals surface area (Å²) in [6.07, 6.45) is 2.69. The van der Waals surface area contributed by atoms with Crippen molar-refractivity contribution in [2.75, 3.05) is 13.6 Å². The fraction of sp³-hybridized carbons (Fsp3) is 0.875. The minimum Gasteiger partial charge on any atom is -0.239 e. The van der Waals surface area contributed by atoms with E-state index in [1.165, 1.54) is 19.4 Å². The van der Waals surface area contributed by atoms with Gasteiger partial charge in [-0.1, -0.05) is 13.8 Å². The molecule has 0 radical (unpaired) electrons. The molecule has 1 heteroatoms. The predicted octanol–water partition coefficient (Wildman–Crippen LogP) is 1.52. The molecule has 0 saturated heterocycles. The van der Waals surface area contributed by atoms with E-state index >= 15 is 0 Å². The number of rotatable bonds is 1. The number of hydrogen-bond donors (Lipinski definition) is 0. The van der Waals surface area contributed by atoms with Crippen molar-refractivity contribution in [3.05, 3.63) is 0 Å². The third-order valence-corrected chi connectivity index (χ3v) is 2.08. The molecule has 0 unspecified atom stereocenters. The van der Waals surface area contributed by atoms with Crippen LogP contribution in [0.15, 0.2) is 0 Å². The van der Waals surface area contributed by atoms with Crippen LogP contribution in [0.25, 0.3) is 0 Å². The van der Waals surface area contributed by atoms with Crippen molar-refractivity contribution in [3.8, 4) is 0 Å². The van der Waals surface area contributed by atoms with E-state index in [-0.39, 0.29) is 0 Å². The molecular weight excluding hydrogens is 110 g/mol. The van der Waals surface area contributed by atoms with Gasteiger partial charge in [0, 0.05) is 18.8 Å². The van der Waals surface area contributed by atoms with Gasteiger partial charge in [-0.2, -0.15) is 0 Å². The topological polar surface area (TPSA) is 3.01 Å². The van der Waals surface area contributed by atoms with Crippen molar-refractivity contribution < 1.29 is 4.58 Å². The molecule has 0 atom stereocenters. The van der Waals surface area contributed by atoms with Gasteiger partial charge in [-0.15, -0.1) is 0 Å². The van der Waals surface area contributed by atoms with E-state index < -0.39 is 0 Å². The molecule has 0 fully saturated rings. The Labute approximate surface area is 57.4 Å². The van der Waals surface area contributed by atoms with Crippen LogP contribution in [0, 0.1) is 5.92 Å². The van der Waals surface area contributed by atoms with Gasteiger partial charge in [0.2, 0.25) is 0 Å². The molecule has 0 amide bonds. The molecule has 0 aromatic heterocycles. The van der Waals surface area contributed by atoms with Gasteiger partial charge in [0.05, 0.1) is 0 Å². The maximum absolute atomic E-state index is 2.39. The van der Waals surface area contributed by atoms with E-state index in [2.05, 4.69) is 25.5 Å². The lowest BCUT2D eigenvalue weighted by Crippen LogP contribution is -2.14. The lowest BCUT2D eigenvalue weighted by atomic mass is 10.1. The summed E-state index contributed by atoms with van der Waals surface area (Å²) < 4.78 is 2.39. The lowest BCUT2D eigenvalue weighted by Gasteiger charge is -1.98. The molecule has 0 aliphatic carbocycles. The average Bonchev–Trinajstić information content (AvgIpc) is 2.13. The Morgan fingerprint density at radius 1 is 1.44 bits per heavy atom. The van der Waals surface area contributed by atoms with Gasteiger partial charge in [0.1, 0.15) is 13.6 Å². The van der Waals surface area contributed by atoms with Gasteiger partial charge in [-0.3, -0.25) is 0 Å². The molecule has 1 heterocycles. The molecule has 0 spiro atoms. The van der Waals surface area contributed by atoms with Crippen molar-refractivity contribution in [2.24, 2.45) is 5.92 Å². The summed E-state index contributed by atoms with van der Waals surface area (Å²) in [6.45, 7) is 5.82. The molecule has 0 aromatic carbocycles. The highest BCUT2D eigenvalue weighted by molar-refractivity contribution is 5.82. The monoisotopic (exact) mass is 126 g/mol. The van der Waals surface area contributed by atoms with Crippen LogP contribution in [0.3, 0.4) is 0 Å². The van der Waals surface area contributed by atoms with E-state index in [1.54, 1.807) is 5.71 Å². The average molecular weight is 126 g/mol. The van der Waals surface area contributed by atoms with Gasteiger partial charge < -0.3 is 0 Å². The van der Waals surface area contributed by atoms with Crippen molar-refractivity contribution in [3.63, 3.8) is 0 Å². The predicted molar refractivity (Wildman–Crippen MR) is 40.1 cm³/mol. The molecule has 1 aliphatic rings. The summed E-state index contributed by atoms with van der Waals surface area (Å²) in [7, 11) is 2.20. The highest BCUT2D eigenvalue weighted by Gasteiger charge is 2.20. The van der Waals surface area contributed by atoms with Crippen LogP contribution in [-0.4, -0.2) is 23.9 Å². The largest absolute Gasteiger partial charge is 0.239 e. The SMILES string of the molecule is CC(C)C1=[N+](C)CCC1. The normalized spacial score (nSPS) is 20.0. The van der Waals surface area contributed by atoms with Crippen molar-refractivity contribution in [2.45, 2.75) is 26.7 Å². The summed E-state index contributed by atoms with van der Waals surface area (Å²) in [5, 5.41) is 0. The van der Waals surface area contributed by atoms with Gasteiger partial charge in [-0.25, -0.2) is 4.58 Å². The van der Waals surface area contributed by atoms with Crippen molar-refractivity contribution in [1.82, 2.24) is 0 Å².